The molecule has 0 heterocycles. The standard InChI is InChI=1S/C22H30O4/c1-13(23)26-20(25)19-7-6-17-16-5-4-14-12-15(24)8-10-21(14,2)18(16)9-11-22(17,19)3/h12,16-19H,4-11H2,1-3H3/t16-,17-,18-,19+,21+,22+/m1/s1. The van der Waals surface area contributed by atoms with Crippen molar-refractivity contribution < 1.29 is 19.1 Å². The van der Waals surface area contributed by atoms with Crippen LogP contribution < -0.4 is 0 Å². The lowest BCUT2D eigenvalue weighted by Gasteiger charge is -2.57. The summed E-state index contributed by atoms with van der Waals surface area (Å²) in [6.45, 7) is 5.94. The number of carbonyl (C=O) groups excluding carboxylic acids is 3. The lowest BCUT2D eigenvalue weighted by molar-refractivity contribution is -0.165. The highest BCUT2D eigenvalue weighted by atomic mass is 16.6. The second-order valence-electron chi connectivity index (χ2n) is 9.56. The minimum absolute atomic E-state index is 0.0459. The van der Waals surface area contributed by atoms with Crippen LogP contribution in [-0.4, -0.2) is 17.7 Å². The Balaban J connectivity index is 1.60. The zero-order chi connectivity index (χ0) is 18.7. The minimum Gasteiger partial charge on any atom is -0.393 e. The first-order valence-corrected chi connectivity index (χ1v) is 10.2. The first-order chi connectivity index (χ1) is 12.3. The van der Waals surface area contributed by atoms with Gasteiger partial charge < -0.3 is 4.74 Å². The number of fused-ring (bicyclic) bond motifs is 5. The molecule has 0 spiro atoms. The molecule has 0 bridgehead atoms. The van der Waals surface area contributed by atoms with Gasteiger partial charge in [-0.1, -0.05) is 19.4 Å². The summed E-state index contributed by atoms with van der Waals surface area (Å²) in [5.74, 6) is 1.12. The molecule has 26 heavy (non-hydrogen) atoms. The zero-order valence-electron chi connectivity index (χ0n) is 16.2. The molecule has 4 aliphatic carbocycles. The number of ether oxygens (including phenoxy) is 1. The smallest absolute Gasteiger partial charge is 0.317 e. The first kappa shape index (κ1) is 17.9. The summed E-state index contributed by atoms with van der Waals surface area (Å²) in [5.41, 5.74) is 1.50. The van der Waals surface area contributed by atoms with Gasteiger partial charge in [0.25, 0.3) is 0 Å². The highest BCUT2D eigenvalue weighted by Crippen LogP contribution is 2.66. The van der Waals surface area contributed by atoms with Crippen molar-refractivity contribution in [2.24, 2.45) is 34.5 Å². The summed E-state index contributed by atoms with van der Waals surface area (Å²) >= 11 is 0. The van der Waals surface area contributed by atoms with E-state index in [-0.39, 0.29) is 22.7 Å². The lowest BCUT2D eigenvalue weighted by atomic mass is 9.47. The van der Waals surface area contributed by atoms with Crippen LogP contribution in [0.5, 0.6) is 0 Å². The fraction of sp³-hybridized carbons (Fsp3) is 0.773. The van der Waals surface area contributed by atoms with Gasteiger partial charge in [0.05, 0.1) is 5.92 Å². The van der Waals surface area contributed by atoms with Crippen LogP contribution >= 0.6 is 0 Å². The molecule has 0 amide bonds. The topological polar surface area (TPSA) is 60.4 Å². The maximum Gasteiger partial charge on any atom is 0.317 e. The van der Waals surface area contributed by atoms with Gasteiger partial charge in [-0.2, -0.15) is 0 Å². The molecule has 142 valence electrons. The monoisotopic (exact) mass is 358 g/mol. The molecule has 4 heteroatoms. The largest absolute Gasteiger partial charge is 0.393 e. The van der Waals surface area contributed by atoms with Crippen LogP contribution in [0.2, 0.25) is 0 Å². The van der Waals surface area contributed by atoms with Gasteiger partial charge >= 0.3 is 11.9 Å². The molecule has 4 rings (SSSR count). The van der Waals surface area contributed by atoms with Gasteiger partial charge in [-0.3, -0.25) is 14.4 Å². The first-order valence-electron chi connectivity index (χ1n) is 10.2. The van der Waals surface area contributed by atoms with Gasteiger partial charge in [0.2, 0.25) is 0 Å². The normalized spacial score (nSPS) is 44.4. The Labute approximate surface area is 155 Å². The van der Waals surface area contributed by atoms with Gasteiger partial charge in [-0.25, -0.2) is 0 Å². The van der Waals surface area contributed by atoms with Gasteiger partial charge in [0, 0.05) is 13.3 Å². The van der Waals surface area contributed by atoms with Crippen LogP contribution in [0.4, 0.5) is 0 Å². The molecule has 6 atom stereocenters. The third-order valence-electron chi connectivity index (χ3n) is 8.49. The molecule has 4 aliphatic rings. The SMILES string of the molecule is CC(=O)OC(=O)[C@@H]1CC[C@@H]2[C@H]3CCC4=CC(=O)CC[C@]4(C)[C@@H]3CC[C@@]21C. The molecule has 0 aliphatic heterocycles. The predicted octanol–water partition coefficient (Wildman–Crippen LogP) is 4.22. The van der Waals surface area contributed by atoms with E-state index in [0.717, 1.165) is 44.9 Å². The molecular weight excluding hydrogens is 328 g/mol. The van der Waals surface area contributed by atoms with Crippen LogP contribution in [0, 0.1) is 34.5 Å². The van der Waals surface area contributed by atoms with E-state index in [2.05, 4.69) is 13.8 Å². The van der Waals surface area contributed by atoms with Crippen molar-refractivity contribution in [2.45, 2.75) is 72.1 Å². The molecule has 0 aromatic rings. The maximum absolute atomic E-state index is 12.5. The van der Waals surface area contributed by atoms with E-state index in [1.807, 2.05) is 6.08 Å². The van der Waals surface area contributed by atoms with Gasteiger partial charge in [0.15, 0.2) is 5.78 Å². The third kappa shape index (κ3) is 2.51. The van der Waals surface area contributed by atoms with Gasteiger partial charge in [0.1, 0.15) is 0 Å². The van der Waals surface area contributed by atoms with Crippen molar-refractivity contribution in [1.29, 1.82) is 0 Å². The Bertz CT molecular complexity index is 692. The molecule has 0 unspecified atom stereocenters. The van der Waals surface area contributed by atoms with Gasteiger partial charge in [-0.15, -0.1) is 0 Å². The van der Waals surface area contributed by atoms with E-state index in [1.54, 1.807) is 0 Å². The fourth-order valence-corrected chi connectivity index (χ4v) is 7.16. The Morgan fingerprint density at radius 2 is 1.81 bits per heavy atom. The van der Waals surface area contributed by atoms with E-state index in [9.17, 15) is 14.4 Å². The average Bonchev–Trinajstić information content (AvgIpc) is 2.92. The Kier molecular flexibility index (Phi) is 4.16. The highest BCUT2D eigenvalue weighted by Gasteiger charge is 2.60. The summed E-state index contributed by atoms with van der Waals surface area (Å²) in [4.78, 5) is 35.7. The number of allylic oxidation sites excluding steroid dienone is 1. The molecule has 0 radical (unpaired) electrons. The summed E-state index contributed by atoms with van der Waals surface area (Å²) < 4.78 is 4.98. The van der Waals surface area contributed by atoms with Crippen molar-refractivity contribution in [3.05, 3.63) is 11.6 Å². The van der Waals surface area contributed by atoms with E-state index in [4.69, 9.17) is 4.74 Å². The third-order valence-corrected chi connectivity index (χ3v) is 8.49. The average molecular weight is 358 g/mol. The van der Waals surface area contributed by atoms with Crippen molar-refractivity contribution in [2.75, 3.05) is 0 Å². The number of rotatable bonds is 1. The maximum atomic E-state index is 12.5. The molecule has 0 saturated heterocycles. The Morgan fingerprint density at radius 1 is 1.04 bits per heavy atom. The van der Waals surface area contributed by atoms with E-state index >= 15 is 0 Å². The molecule has 3 fully saturated rings. The zero-order valence-corrected chi connectivity index (χ0v) is 16.2. The summed E-state index contributed by atoms with van der Waals surface area (Å²) in [6.07, 6.45) is 9.80. The molecule has 3 saturated carbocycles. The van der Waals surface area contributed by atoms with Crippen molar-refractivity contribution >= 4 is 17.7 Å². The number of hydrogen-bond acceptors (Lipinski definition) is 4. The number of ketones is 1. The Morgan fingerprint density at radius 3 is 2.54 bits per heavy atom. The van der Waals surface area contributed by atoms with Crippen LogP contribution in [0.25, 0.3) is 0 Å². The van der Waals surface area contributed by atoms with Crippen LogP contribution in [0.3, 0.4) is 0 Å². The lowest BCUT2D eigenvalue weighted by Crippen LogP contribution is -2.51. The minimum atomic E-state index is -0.498. The molecule has 0 aromatic carbocycles. The number of carbonyl (C=O) groups is 3. The van der Waals surface area contributed by atoms with E-state index in [0.29, 0.717) is 30.0 Å². The van der Waals surface area contributed by atoms with Crippen molar-refractivity contribution in [3.8, 4) is 0 Å². The van der Waals surface area contributed by atoms with Gasteiger partial charge in [-0.05, 0) is 79.6 Å². The molecule has 0 N–H and O–H groups in total. The second kappa shape index (κ2) is 6.03. The second-order valence-corrected chi connectivity index (χ2v) is 9.56. The van der Waals surface area contributed by atoms with Crippen LogP contribution in [0.1, 0.15) is 72.1 Å². The summed E-state index contributed by atoms with van der Waals surface area (Å²) in [7, 11) is 0. The fourth-order valence-electron chi connectivity index (χ4n) is 7.16. The van der Waals surface area contributed by atoms with Crippen LogP contribution in [-0.2, 0) is 19.1 Å². The molecule has 0 aromatic heterocycles. The van der Waals surface area contributed by atoms with Crippen molar-refractivity contribution in [3.63, 3.8) is 0 Å². The predicted molar refractivity (Wildman–Crippen MR) is 97.0 cm³/mol. The highest BCUT2D eigenvalue weighted by molar-refractivity contribution is 5.91. The van der Waals surface area contributed by atoms with Crippen LogP contribution in [0.15, 0.2) is 11.6 Å². The molecular formula is C22H30O4. The van der Waals surface area contributed by atoms with E-state index < -0.39 is 5.97 Å². The summed E-state index contributed by atoms with van der Waals surface area (Å²) in [5, 5.41) is 0. The van der Waals surface area contributed by atoms with Crippen molar-refractivity contribution in [1.82, 2.24) is 0 Å². The number of hydrogen-bond donors (Lipinski definition) is 0. The Hall–Kier alpha value is -1.45. The van der Waals surface area contributed by atoms with E-state index in [1.165, 1.54) is 12.5 Å². The summed E-state index contributed by atoms with van der Waals surface area (Å²) in [6, 6.07) is 0. The quantitative estimate of drug-likeness (QED) is 0.520. The number of esters is 2. The molecule has 4 nitrogen and oxygen atoms in total.